The molecule has 0 saturated heterocycles. The van der Waals surface area contributed by atoms with Gasteiger partial charge in [0.1, 0.15) is 6.04 Å². The molecule has 7 heteroatoms. The summed E-state index contributed by atoms with van der Waals surface area (Å²) >= 11 is 5.99. The number of amides is 1. The standard InChI is InChI=1S/C19H23ClN2O3S/c1-12-8-13(2)10-17(9-12)22(26(5,24)25)15(4)19(23)21-18-11-16(20)7-6-14(18)3/h6-11,15H,1-5H3,(H,21,23)/t15-/m0/s1. The van der Waals surface area contributed by atoms with Crippen molar-refractivity contribution in [3.63, 3.8) is 0 Å². The third kappa shape index (κ3) is 4.77. The molecule has 0 spiro atoms. The van der Waals surface area contributed by atoms with Gasteiger partial charge in [0.25, 0.3) is 0 Å². The predicted octanol–water partition coefficient (Wildman–Crippen LogP) is 4.06. The Balaban J connectivity index is 2.39. The molecule has 0 bridgehead atoms. The Bertz CT molecular complexity index is 922. The largest absolute Gasteiger partial charge is 0.324 e. The Morgan fingerprint density at radius 1 is 1.08 bits per heavy atom. The maximum Gasteiger partial charge on any atom is 0.248 e. The Morgan fingerprint density at radius 3 is 2.19 bits per heavy atom. The monoisotopic (exact) mass is 394 g/mol. The number of rotatable bonds is 5. The average Bonchev–Trinajstić information content (AvgIpc) is 2.48. The maximum atomic E-state index is 12.7. The highest BCUT2D eigenvalue weighted by Gasteiger charge is 2.29. The van der Waals surface area contributed by atoms with Crippen LogP contribution in [-0.4, -0.2) is 26.6 Å². The number of nitrogens with zero attached hydrogens (tertiary/aromatic N) is 1. The number of hydrogen-bond donors (Lipinski definition) is 1. The lowest BCUT2D eigenvalue weighted by molar-refractivity contribution is -0.116. The normalized spacial score (nSPS) is 12.5. The van der Waals surface area contributed by atoms with E-state index in [1.54, 1.807) is 37.3 Å². The molecule has 1 amide bonds. The fourth-order valence-electron chi connectivity index (χ4n) is 2.85. The van der Waals surface area contributed by atoms with Crippen molar-refractivity contribution in [2.24, 2.45) is 0 Å². The number of halogens is 1. The number of hydrogen-bond acceptors (Lipinski definition) is 3. The van der Waals surface area contributed by atoms with E-state index in [9.17, 15) is 13.2 Å². The zero-order chi connectivity index (χ0) is 19.6. The summed E-state index contributed by atoms with van der Waals surface area (Å²) in [4.78, 5) is 12.7. The van der Waals surface area contributed by atoms with Gasteiger partial charge in [-0.15, -0.1) is 0 Å². The van der Waals surface area contributed by atoms with Crippen LogP contribution in [0.25, 0.3) is 0 Å². The Hall–Kier alpha value is -2.05. The van der Waals surface area contributed by atoms with Crippen LogP contribution in [0, 0.1) is 20.8 Å². The molecule has 1 N–H and O–H groups in total. The fourth-order valence-corrected chi connectivity index (χ4v) is 4.18. The van der Waals surface area contributed by atoms with Crippen LogP contribution in [0.4, 0.5) is 11.4 Å². The minimum absolute atomic E-state index is 0.431. The SMILES string of the molecule is Cc1cc(C)cc(N([C@@H](C)C(=O)Nc2cc(Cl)ccc2C)S(C)(=O)=O)c1. The Labute approximate surface area is 160 Å². The fraction of sp³-hybridized carbons (Fsp3) is 0.316. The van der Waals surface area contributed by atoms with Gasteiger partial charge < -0.3 is 5.32 Å². The summed E-state index contributed by atoms with van der Waals surface area (Å²) in [5.41, 5.74) is 3.71. The quantitative estimate of drug-likeness (QED) is 0.831. The highest BCUT2D eigenvalue weighted by atomic mass is 35.5. The molecule has 5 nitrogen and oxygen atoms in total. The first-order valence-corrected chi connectivity index (χ1v) is 10.4. The van der Waals surface area contributed by atoms with Crippen molar-refractivity contribution in [1.82, 2.24) is 0 Å². The van der Waals surface area contributed by atoms with E-state index >= 15 is 0 Å². The van der Waals surface area contributed by atoms with Crippen LogP contribution in [0.1, 0.15) is 23.6 Å². The number of carbonyl (C=O) groups is 1. The van der Waals surface area contributed by atoms with E-state index in [0.29, 0.717) is 16.4 Å². The molecular formula is C19H23ClN2O3S. The van der Waals surface area contributed by atoms with Crippen LogP contribution >= 0.6 is 11.6 Å². The van der Waals surface area contributed by atoms with Crippen LogP contribution in [0.15, 0.2) is 36.4 Å². The lowest BCUT2D eigenvalue weighted by Gasteiger charge is -2.29. The van der Waals surface area contributed by atoms with Crippen molar-refractivity contribution in [3.8, 4) is 0 Å². The van der Waals surface area contributed by atoms with E-state index in [0.717, 1.165) is 27.3 Å². The number of carbonyl (C=O) groups excluding carboxylic acids is 1. The average molecular weight is 395 g/mol. The topological polar surface area (TPSA) is 66.5 Å². The van der Waals surface area contributed by atoms with Gasteiger partial charge in [-0.05, 0) is 68.7 Å². The summed E-state index contributed by atoms with van der Waals surface area (Å²) in [6.45, 7) is 7.18. The van der Waals surface area contributed by atoms with E-state index in [4.69, 9.17) is 11.6 Å². The molecule has 0 aromatic heterocycles. The molecule has 2 rings (SSSR count). The van der Waals surface area contributed by atoms with Crippen molar-refractivity contribution in [2.75, 3.05) is 15.9 Å². The molecule has 0 saturated carbocycles. The minimum Gasteiger partial charge on any atom is -0.324 e. The highest BCUT2D eigenvalue weighted by molar-refractivity contribution is 7.92. The first-order valence-electron chi connectivity index (χ1n) is 8.14. The molecule has 0 aliphatic carbocycles. The summed E-state index contributed by atoms with van der Waals surface area (Å²) in [6, 6.07) is 9.69. The van der Waals surface area contributed by atoms with Crippen molar-refractivity contribution < 1.29 is 13.2 Å². The van der Waals surface area contributed by atoms with Gasteiger partial charge in [0.15, 0.2) is 0 Å². The zero-order valence-electron chi connectivity index (χ0n) is 15.5. The van der Waals surface area contributed by atoms with Crippen LogP contribution < -0.4 is 9.62 Å². The molecule has 2 aromatic rings. The summed E-state index contributed by atoms with van der Waals surface area (Å²) in [5, 5.41) is 3.27. The summed E-state index contributed by atoms with van der Waals surface area (Å²) in [7, 11) is -3.66. The number of nitrogens with one attached hydrogen (secondary N) is 1. The van der Waals surface area contributed by atoms with Crippen LogP contribution in [0.3, 0.4) is 0 Å². The van der Waals surface area contributed by atoms with Crippen LogP contribution in [0.5, 0.6) is 0 Å². The van der Waals surface area contributed by atoms with Gasteiger partial charge in [-0.25, -0.2) is 8.42 Å². The van der Waals surface area contributed by atoms with Crippen molar-refractivity contribution in [2.45, 2.75) is 33.7 Å². The van der Waals surface area contributed by atoms with Gasteiger partial charge in [-0.3, -0.25) is 9.10 Å². The Morgan fingerprint density at radius 2 is 1.65 bits per heavy atom. The van der Waals surface area contributed by atoms with Crippen molar-refractivity contribution >= 4 is 38.9 Å². The molecule has 0 aliphatic heterocycles. The maximum absolute atomic E-state index is 12.7. The molecule has 2 aromatic carbocycles. The van der Waals surface area contributed by atoms with Gasteiger partial charge in [0, 0.05) is 10.7 Å². The van der Waals surface area contributed by atoms with Gasteiger partial charge in [-0.2, -0.15) is 0 Å². The first kappa shape index (κ1) is 20.3. The molecular weight excluding hydrogens is 372 g/mol. The van der Waals surface area contributed by atoms with E-state index in [-0.39, 0.29) is 0 Å². The molecule has 0 fully saturated rings. The smallest absolute Gasteiger partial charge is 0.248 e. The first-order chi connectivity index (χ1) is 12.0. The van der Waals surface area contributed by atoms with Crippen LogP contribution in [-0.2, 0) is 14.8 Å². The lowest BCUT2D eigenvalue weighted by atomic mass is 10.1. The van der Waals surface area contributed by atoms with E-state index < -0.39 is 22.0 Å². The molecule has 0 heterocycles. The number of sulfonamides is 1. The van der Waals surface area contributed by atoms with E-state index in [1.807, 2.05) is 26.8 Å². The number of anilines is 2. The third-order valence-electron chi connectivity index (χ3n) is 4.01. The number of benzene rings is 2. The van der Waals surface area contributed by atoms with Gasteiger partial charge in [0.05, 0.1) is 11.9 Å². The third-order valence-corrected chi connectivity index (χ3v) is 5.48. The van der Waals surface area contributed by atoms with E-state index in [2.05, 4.69) is 5.32 Å². The summed E-state index contributed by atoms with van der Waals surface area (Å²) in [6.07, 6.45) is 1.10. The molecule has 0 radical (unpaired) electrons. The Kier molecular flexibility index (Phi) is 5.98. The summed E-state index contributed by atoms with van der Waals surface area (Å²) < 4.78 is 25.9. The zero-order valence-corrected chi connectivity index (χ0v) is 17.1. The molecule has 0 aliphatic rings. The van der Waals surface area contributed by atoms with E-state index in [1.165, 1.54) is 0 Å². The number of aryl methyl sites for hydroxylation is 3. The highest BCUT2D eigenvalue weighted by Crippen LogP contribution is 2.25. The van der Waals surface area contributed by atoms with Gasteiger partial charge in [-0.1, -0.05) is 23.7 Å². The lowest BCUT2D eigenvalue weighted by Crippen LogP contribution is -2.45. The second-order valence-electron chi connectivity index (χ2n) is 6.53. The second-order valence-corrected chi connectivity index (χ2v) is 8.83. The molecule has 0 unspecified atom stereocenters. The molecule has 1 atom stereocenters. The molecule has 140 valence electrons. The predicted molar refractivity (Wildman–Crippen MR) is 108 cm³/mol. The van der Waals surface area contributed by atoms with Gasteiger partial charge in [0.2, 0.25) is 15.9 Å². The van der Waals surface area contributed by atoms with Crippen molar-refractivity contribution in [1.29, 1.82) is 0 Å². The van der Waals surface area contributed by atoms with Crippen LogP contribution in [0.2, 0.25) is 5.02 Å². The van der Waals surface area contributed by atoms with Gasteiger partial charge >= 0.3 is 0 Å². The minimum atomic E-state index is -3.66. The molecule has 26 heavy (non-hydrogen) atoms. The van der Waals surface area contributed by atoms with Crippen molar-refractivity contribution in [3.05, 3.63) is 58.1 Å². The second kappa shape index (κ2) is 7.68. The summed E-state index contributed by atoms with van der Waals surface area (Å²) in [5.74, 6) is -0.431.